The van der Waals surface area contributed by atoms with Gasteiger partial charge >= 0.3 is 0 Å². The zero-order valence-corrected chi connectivity index (χ0v) is 10.0. The Morgan fingerprint density at radius 3 is 2.33 bits per heavy atom. The van der Waals surface area contributed by atoms with Crippen LogP contribution in [0.2, 0.25) is 0 Å². The molecule has 0 aliphatic carbocycles. The van der Waals surface area contributed by atoms with Gasteiger partial charge < -0.3 is 14.9 Å². The van der Waals surface area contributed by atoms with Crippen LogP contribution in [0.15, 0.2) is 28.9 Å². The zero-order chi connectivity index (χ0) is 13.3. The van der Waals surface area contributed by atoms with E-state index in [-0.39, 0.29) is 11.3 Å². The van der Waals surface area contributed by atoms with Gasteiger partial charge in [0.15, 0.2) is 0 Å². The normalized spacial score (nSPS) is 12.5. The Morgan fingerprint density at radius 1 is 1.28 bits per heavy atom. The number of hydrogen-bond acceptors (Lipinski definition) is 3. The average Bonchev–Trinajstić information content (AvgIpc) is 2.74. The van der Waals surface area contributed by atoms with Crippen molar-refractivity contribution in [3.8, 4) is 5.75 Å². The summed E-state index contributed by atoms with van der Waals surface area (Å²) < 4.78 is 37.6. The van der Waals surface area contributed by atoms with E-state index < -0.39 is 17.7 Å². The maximum Gasteiger partial charge on any atom is 0.135 e. The first-order valence-electron chi connectivity index (χ1n) is 5.37. The molecule has 5 heteroatoms. The minimum absolute atomic E-state index is 0.108. The van der Waals surface area contributed by atoms with Gasteiger partial charge in [0.25, 0.3) is 0 Å². The Hall–Kier alpha value is -1.88. The van der Waals surface area contributed by atoms with Crippen LogP contribution < -0.4 is 10.5 Å². The number of aryl methyl sites for hydroxylation is 1. The third-order valence-corrected chi connectivity index (χ3v) is 2.78. The number of hydrogen-bond donors (Lipinski definition) is 1. The van der Waals surface area contributed by atoms with E-state index in [2.05, 4.69) is 0 Å². The first-order valence-corrected chi connectivity index (χ1v) is 5.37. The van der Waals surface area contributed by atoms with Gasteiger partial charge in [-0.05, 0) is 18.6 Å². The lowest BCUT2D eigenvalue weighted by atomic mass is 10.0. The number of furan rings is 1. The summed E-state index contributed by atoms with van der Waals surface area (Å²) in [6.07, 6.45) is 1.43. The van der Waals surface area contributed by atoms with Crippen LogP contribution >= 0.6 is 0 Å². The fourth-order valence-corrected chi connectivity index (χ4v) is 1.81. The molecule has 1 unspecified atom stereocenters. The minimum atomic E-state index is -0.981. The lowest BCUT2D eigenvalue weighted by Gasteiger charge is -2.13. The highest BCUT2D eigenvalue weighted by Crippen LogP contribution is 2.30. The van der Waals surface area contributed by atoms with Crippen molar-refractivity contribution < 1.29 is 17.9 Å². The highest BCUT2D eigenvalue weighted by Gasteiger charge is 2.23. The molecule has 1 atom stereocenters. The second-order valence-corrected chi connectivity index (χ2v) is 3.95. The molecule has 2 rings (SSSR count). The summed E-state index contributed by atoms with van der Waals surface area (Å²) in [5, 5.41) is 0. The van der Waals surface area contributed by atoms with Crippen molar-refractivity contribution in [2.75, 3.05) is 7.11 Å². The van der Waals surface area contributed by atoms with Gasteiger partial charge in [-0.2, -0.15) is 0 Å². The quantitative estimate of drug-likeness (QED) is 0.914. The molecule has 0 bridgehead atoms. The molecule has 0 aliphatic heterocycles. The molecule has 0 fully saturated rings. The monoisotopic (exact) mass is 253 g/mol. The third kappa shape index (κ3) is 2.09. The third-order valence-electron chi connectivity index (χ3n) is 2.78. The SMILES string of the molecule is COc1cc(F)c(C(N)c2occc2C)c(F)c1. The number of ether oxygens (including phenoxy) is 1. The summed E-state index contributed by atoms with van der Waals surface area (Å²) in [7, 11) is 1.34. The molecule has 2 N–H and O–H groups in total. The van der Waals surface area contributed by atoms with Crippen LogP contribution in [-0.2, 0) is 0 Å². The smallest absolute Gasteiger partial charge is 0.135 e. The molecule has 0 amide bonds. The molecule has 0 saturated carbocycles. The molecule has 0 aliphatic rings. The van der Waals surface area contributed by atoms with Crippen LogP contribution in [0.25, 0.3) is 0 Å². The molecule has 18 heavy (non-hydrogen) atoms. The first-order chi connectivity index (χ1) is 8.54. The Labute approximate surface area is 103 Å². The van der Waals surface area contributed by atoms with E-state index in [9.17, 15) is 8.78 Å². The van der Waals surface area contributed by atoms with Crippen LogP contribution in [0.1, 0.15) is 22.9 Å². The van der Waals surface area contributed by atoms with E-state index >= 15 is 0 Å². The zero-order valence-electron chi connectivity index (χ0n) is 10.0. The van der Waals surface area contributed by atoms with Crippen molar-refractivity contribution in [1.29, 1.82) is 0 Å². The summed E-state index contributed by atoms with van der Waals surface area (Å²) in [6.45, 7) is 1.76. The molecular weight excluding hydrogens is 240 g/mol. The predicted octanol–water partition coefficient (Wildman–Crippen LogP) is 2.92. The largest absolute Gasteiger partial charge is 0.497 e. The Bertz CT molecular complexity index is 543. The van der Waals surface area contributed by atoms with E-state index in [4.69, 9.17) is 14.9 Å². The topological polar surface area (TPSA) is 48.4 Å². The number of nitrogens with two attached hydrogens (primary N) is 1. The highest BCUT2D eigenvalue weighted by atomic mass is 19.1. The molecule has 0 spiro atoms. The van der Waals surface area contributed by atoms with E-state index in [0.717, 1.165) is 17.7 Å². The number of methoxy groups -OCH3 is 1. The number of benzene rings is 1. The van der Waals surface area contributed by atoms with Crippen LogP contribution in [0.5, 0.6) is 5.75 Å². The van der Waals surface area contributed by atoms with Crippen LogP contribution in [-0.4, -0.2) is 7.11 Å². The fraction of sp³-hybridized carbons (Fsp3) is 0.231. The molecule has 1 heterocycles. The van der Waals surface area contributed by atoms with E-state index in [1.807, 2.05) is 0 Å². The van der Waals surface area contributed by atoms with Crippen molar-refractivity contribution in [2.24, 2.45) is 5.73 Å². The Kier molecular flexibility index (Phi) is 3.34. The van der Waals surface area contributed by atoms with Crippen LogP contribution in [0.3, 0.4) is 0 Å². The van der Waals surface area contributed by atoms with E-state index in [1.165, 1.54) is 13.4 Å². The highest BCUT2D eigenvalue weighted by molar-refractivity contribution is 5.37. The first kappa shape index (κ1) is 12.6. The molecule has 1 aromatic carbocycles. The van der Waals surface area contributed by atoms with Gasteiger partial charge in [-0.25, -0.2) is 8.78 Å². The molecule has 96 valence electrons. The lowest BCUT2D eigenvalue weighted by molar-refractivity contribution is 0.402. The van der Waals surface area contributed by atoms with Crippen molar-refractivity contribution in [3.63, 3.8) is 0 Å². The summed E-state index contributed by atoms with van der Waals surface area (Å²) in [5.41, 5.74) is 6.36. The molecule has 1 aromatic heterocycles. The van der Waals surface area contributed by atoms with E-state index in [1.54, 1.807) is 13.0 Å². The number of rotatable bonds is 3. The molecular formula is C13H13F2NO2. The lowest BCUT2D eigenvalue weighted by Crippen LogP contribution is -2.16. The summed E-state index contributed by atoms with van der Waals surface area (Å²) in [5.74, 6) is -1.06. The van der Waals surface area contributed by atoms with Crippen molar-refractivity contribution in [2.45, 2.75) is 13.0 Å². The van der Waals surface area contributed by atoms with Crippen molar-refractivity contribution in [3.05, 3.63) is 53.0 Å². The molecule has 0 saturated heterocycles. The van der Waals surface area contributed by atoms with Crippen LogP contribution in [0, 0.1) is 18.6 Å². The van der Waals surface area contributed by atoms with Gasteiger partial charge in [-0.15, -0.1) is 0 Å². The second-order valence-electron chi connectivity index (χ2n) is 3.95. The van der Waals surface area contributed by atoms with Gasteiger partial charge in [0.1, 0.15) is 23.1 Å². The van der Waals surface area contributed by atoms with Gasteiger partial charge in [0.05, 0.1) is 19.4 Å². The minimum Gasteiger partial charge on any atom is -0.497 e. The second kappa shape index (κ2) is 4.78. The van der Waals surface area contributed by atoms with Crippen molar-refractivity contribution in [1.82, 2.24) is 0 Å². The predicted molar refractivity (Wildman–Crippen MR) is 62.4 cm³/mol. The standard InChI is InChI=1S/C13H13F2NO2/c1-7-3-4-18-13(7)12(16)11-9(14)5-8(17-2)6-10(11)15/h3-6,12H,16H2,1-2H3. The van der Waals surface area contributed by atoms with Gasteiger partial charge in [0.2, 0.25) is 0 Å². The summed E-state index contributed by atoms with van der Waals surface area (Å²) in [6, 6.07) is 2.90. The Morgan fingerprint density at radius 2 is 1.89 bits per heavy atom. The molecule has 3 nitrogen and oxygen atoms in total. The summed E-state index contributed by atoms with van der Waals surface area (Å²) >= 11 is 0. The fourth-order valence-electron chi connectivity index (χ4n) is 1.81. The van der Waals surface area contributed by atoms with Gasteiger partial charge in [0, 0.05) is 17.7 Å². The maximum absolute atomic E-state index is 13.8. The summed E-state index contributed by atoms with van der Waals surface area (Å²) in [4.78, 5) is 0. The van der Waals surface area contributed by atoms with Gasteiger partial charge in [-0.1, -0.05) is 0 Å². The maximum atomic E-state index is 13.8. The Balaban J connectivity index is 2.48. The molecule has 0 radical (unpaired) electrons. The van der Waals surface area contributed by atoms with Gasteiger partial charge in [-0.3, -0.25) is 0 Å². The van der Waals surface area contributed by atoms with Crippen molar-refractivity contribution >= 4 is 0 Å². The van der Waals surface area contributed by atoms with E-state index in [0.29, 0.717) is 5.76 Å². The number of halogens is 2. The average molecular weight is 253 g/mol. The molecule has 2 aromatic rings. The van der Waals surface area contributed by atoms with Crippen LogP contribution in [0.4, 0.5) is 8.78 Å².